The molecule has 0 bridgehead atoms. The van der Waals surface area contributed by atoms with Crippen LogP contribution in [0.2, 0.25) is 0 Å². The zero-order valence-electron chi connectivity index (χ0n) is 11.0. The molecule has 0 spiro atoms. The van der Waals surface area contributed by atoms with Crippen LogP contribution in [-0.4, -0.2) is 60.6 Å². The van der Waals surface area contributed by atoms with Gasteiger partial charge in [0.05, 0.1) is 12.2 Å². The Morgan fingerprint density at radius 2 is 2.06 bits per heavy atom. The molecule has 1 fully saturated rings. The molecule has 1 aromatic heterocycles. The first-order chi connectivity index (χ1) is 8.67. The standard InChI is InChI=1S/C12H20N4O2/c1-10-7-11(14-18-10)8-15-3-5-16(6-4-15)9-12(17)13-2/h7H,3-6,8-9H2,1-2H3,(H,13,17). The van der Waals surface area contributed by atoms with Crippen molar-refractivity contribution in [3.63, 3.8) is 0 Å². The molecule has 1 aliphatic rings. The van der Waals surface area contributed by atoms with Gasteiger partial charge in [0.25, 0.3) is 0 Å². The zero-order valence-corrected chi connectivity index (χ0v) is 11.0. The van der Waals surface area contributed by atoms with E-state index in [1.54, 1.807) is 7.05 Å². The van der Waals surface area contributed by atoms with Crippen LogP contribution in [0.1, 0.15) is 11.5 Å². The van der Waals surface area contributed by atoms with E-state index in [0.29, 0.717) is 6.54 Å². The second kappa shape index (κ2) is 5.97. The minimum Gasteiger partial charge on any atom is -0.361 e. The number of rotatable bonds is 4. The first kappa shape index (κ1) is 13.0. The molecule has 0 aliphatic carbocycles. The summed E-state index contributed by atoms with van der Waals surface area (Å²) in [7, 11) is 1.67. The summed E-state index contributed by atoms with van der Waals surface area (Å²) in [6.07, 6.45) is 0. The van der Waals surface area contributed by atoms with Crippen LogP contribution in [-0.2, 0) is 11.3 Å². The first-order valence-electron chi connectivity index (χ1n) is 6.25. The van der Waals surface area contributed by atoms with Gasteiger partial charge in [0, 0.05) is 45.8 Å². The highest BCUT2D eigenvalue weighted by Crippen LogP contribution is 2.08. The Morgan fingerprint density at radius 1 is 1.39 bits per heavy atom. The predicted molar refractivity (Wildman–Crippen MR) is 67.0 cm³/mol. The summed E-state index contributed by atoms with van der Waals surface area (Å²) >= 11 is 0. The molecule has 2 rings (SSSR count). The maximum absolute atomic E-state index is 11.3. The molecule has 100 valence electrons. The molecule has 6 heteroatoms. The van der Waals surface area contributed by atoms with Crippen molar-refractivity contribution >= 4 is 5.91 Å². The molecule has 1 saturated heterocycles. The van der Waals surface area contributed by atoms with Gasteiger partial charge in [-0.1, -0.05) is 5.16 Å². The normalized spacial score (nSPS) is 17.9. The molecule has 1 aliphatic heterocycles. The van der Waals surface area contributed by atoms with Gasteiger partial charge in [-0.15, -0.1) is 0 Å². The number of aryl methyl sites for hydroxylation is 1. The van der Waals surface area contributed by atoms with Gasteiger partial charge in [-0.2, -0.15) is 0 Å². The third kappa shape index (κ3) is 3.54. The van der Waals surface area contributed by atoms with Crippen LogP contribution < -0.4 is 5.32 Å². The Hall–Kier alpha value is -1.40. The maximum Gasteiger partial charge on any atom is 0.233 e. The van der Waals surface area contributed by atoms with Crippen LogP contribution in [0.15, 0.2) is 10.6 Å². The molecule has 0 atom stereocenters. The van der Waals surface area contributed by atoms with E-state index in [0.717, 1.165) is 44.2 Å². The third-order valence-electron chi connectivity index (χ3n) is 3.17. The topological polar surface area (TPSA) is 61.6 Å². The molecule has 1 aromatic rings. The second-order valence-electron chi connectivity index (χ2n) is 4.65. The van der Waals surface area contributed by atoms with Crippen LogP contribution in [0.5, 0.6) is 0 Å². The largest absolute Gasteiger partial charge is 0.361 e. The summed E-state index contributed by atoms with van der Waals surface area (Å²) in [5.41, 5.74) is 0.979. The molecule has 0 unspecified atom stereocenters. The summed E-state index contributed by atoms with van der Waals surface area (Å²) in [5, 5.41) is 6.65. The second-order valence-corrected chi connectivity index (χ2v) is 4.65. The Kier molecular flexibility index (Phi) is 4.33. The lowest BCUT2D eigenvalue weighted by Gasteiger charge is -2.33. The summed E-state index contributed by atoms with van der Waals surface area (Å²) in [6, 6.07) is 1.97. The van der Waals surface area contributed by atoms with Gasteiger partial charge in [-0.25, -0.2) is 0 Å². The van der Waals surface area contributed by atoms with Gasteiger partial charge in [-0.05, 0) is 6.92 Å². The fraction of sp³-hybridized carbons (Fsp3) is 0.667. The molecule has 0 saturated carbocycles. The van der Waals surface area contributed by atoms with Crippen LogP contribution in [0, 0.1) is 6.92 Å². The Morgan fingerprint density at radius 3 is 2.61 bits per heavy atom. The highest BCUT2D eigenvalue weighted by Gasteiger charge is 2.19. The van der Waals surface area contributed by atoms with E-state index in [9.17, 15) is 4.79 Å². The van der Waals surface area contributed by atoms with E-state index in [1.807, 2.05) is 13.0 Å². The van der Waals surface area contributed by atoms with Gasteiger partial charge >= 0.3 is 0 Å². The third-order valence-corrected chi connectivity index (χ3v) is 3.17. The highest BCUT2D eigenvalue weighted by atomic mass is 16.5. The number of carbonyl (C=O) groups excluding carboxylic acids is 1. The molecule has 18 heavy (non-hydrogen) atoms. The number of aromatic nitrogens is 1. The van der Waals surface area contributed by atoms with E-state index in [1.165, 1.54) is 0 Å². The van der Waals surface area contributed by atoms with E-state index in [4.69, 9.17) is 4.52 Å². The zero-order chi connectivity index (χ0) is 13.0. The number of hydrogen-bond donors (Lipinski definition) is 1. The van der Waals surface area contributed by atoms with Crippen LogP contribution >= 0.6 is 0 Å². The highest BCUT2D eigenvalue weighted by molar-refractivity contribution is 5.77. The van der Waals surface area contributed by atoms with Crippen molar-refractivity contribution in [2.24, 2.45) is 0 Å². The number of likely N-dealkylation sites (N-methyl/N-ethyl adjacent to an activating group) is 1. The quantitative estimate of drug-likeness (QED) is 0.807. The van der Waals surface area contributed by atoms with Crippen molar-refractivity contribution in [3.05, 3.63) is 17.5 Å². The summed E-state index contributed by atoms with van der Waals surface area (Å²) < 4.78 is 5.05. The number of nitrogens with one attached hydrogen (secondary N) is 1. The van der Waals surface area contributed by atoms with Crippen LogP contribution in [0.4, 0.5) is 0 Å². The molecular formula is C12H20N4O2. The van der Waals surface area contributed by atoms with Crippen molar-refractivity contribution in [1.29, 1.82) is 0 Å². The predicted octanol–water partition coefficient (Wildman–Crippen LogP) is -0.153. The SMILES string of the molecule is CNC(=O)CN1CCN(Cc2cc(C)on2)CC1. The van der Waals surface area contributed by atoms with Gasteiger partial charge in [0.2, 0.25) is 5.91 Å². The Balaban J connectivity index is 1.75. The Bertz CT molecular complexity index is 397. The smallest absolute Gasteiger partial charge is 0.233 e. The first-order valence-corrected chi connectivity index (χ1v) is 6.25. The lowest BCUT2D eigenvalue weighted by Crippen LogP contribution is -2.48. The van der Waals surface area contributed by atoms with E-state index in [2.05, 4.69) is 20.3 Å². The number of hydrogen-bond acceptors (Lipinski definition) is 5. The minimum absolute atomic E-state index is 0.0792. The fourth-order valence-electron chi connectivity index (χ4n) is 2.11. The lowest BCUT2D eigenvalue weighted by atomic mass is 10.2. The van der Waals surface area contributed by atoms with Crippen molar-refractivity contribution in [1.82, 2.24) is 20.3 Å². The molecule has 6 nitrogen and oxygen atoms in total. The average Bonchev–Trinajstić information content (AvgIpc) is 2.77. The van der Waals surface area contributed by atoms with Crippen molar-refractivity contribution in [2.45, 2.75) is 13.5 Å². The van der Waals surface area contributed by atoms with Crippen LogP contribution in [0.3, 0.4) is 0 Å². The van der Waals surface area contributed by atoms with Crippen molar-refractivity contribution < 1.29 is 9.32 Å². The summed E-state index contributed by atoms with van der Waals surface area (Å²) in [4.78, 5) is 15.8. The summed E-state index contributed by atoms with van der Waals surface area (Å²) in [5.74, 6) is 0.929. The monoisotopic (exact) mass is 252 g/mol. The Labute approximate surface area is 107 Å². The van der Waals surface area contributed by atoms with Gasteiger partial charge in [0.15, 0.2) is 0 Å². The van der Waals surface area contributed by atoms with E-state index in [-0.39, 0.29) is 5.91 Å². The molecular weight excluding hydrogens is 232 g/mol. The van der Waals surface area contributed by atoms with Crippen LogP contribution in [0.25, 0.3) is 0 Å². The number of piperazine rings is 1. The van der Waals surface area contributed by atoms with Gasteiger partial charge < -0.3 is 9.84 Å². The molecule has 1 N–H and O–H groups in total. The van der Waals surface area contributed by atoms with Crippen molar-refractivity contribution in [3.8, 4) is 0 Å². The van der Waals surface area contributed by atoms with E-state index >= 15 is 0 Å². The molecule has 1 amide bonds. The summed E-state index contributed by atoms with van der Waals surface area (Å²) in [6.45, 7) is 6.98. The number of nitrogens with zero attached hydrogens (tertiary/aromatic N) is 3. The maximum atomic E-state index is 11.3. The fourth-order valence-corrected chi connectivity index (χ4v) is 2.11. The molecule has 0 aromatic carbocycles. The van der Waals surface area contributed by atoms with E-state index < -0.39 is 0 Å². The molecule has 2 heterocycles. The lowest BCUT2D eigenvalue weighted by molar-refractivity contribution is -0.122. The van der Waals surface area contributed by atoms with Gasteiger partial charge in [-0.3, -0.25) is 14.6 Å². The average molecular weight is 252 g/mol. The number of carbonyl (C=O) groups is 1. The minimum atomic E-state index is 0.0792. The van der Waals surface area contributed by atoms with Gasteiger partial charge in [0.1, 0.15) is 5.76 Å². The van der Waals surface area contributed by atoms with Crippen molar-refractivity contribution in [2.75, 3.05) is 39.8 Å². The number of amides is 1. The molecule has 0 radical (unpaired) electrons.